The van der Waals surface area contributed by atoms with Crippen LogP contribution in [0.15, 0.2) is 70.9 Å². The molecule has 0 N–H and O–H groups in total. The maximum absolute atomic E-state index is 13.6. The van der Waals surface area contributed by atoms with Crippen LogP contribution in [-0.4, -0.2) is 49.3 Å². The minimum absolute atomic E-state index is 0.197. The molecule has 180 valence electrons. The molecule has 8 heteroatoms. The quantitative estimate of drug-likeness (QED) is 0.453. The summed E-state index contributed by atoms with van der Waals surface area (Å²) in [5.74, 6) is 0.519. The lowest BCUT2D eigenvalue weighted by Gasteiger charge is -2.37. The van der Waals surface area contributed by atoms with E-state index in [1.807, 2.05) is 48.7 Å². The van der Waals surface area contributed by atoms with E-state index in [9.17, 15) is 13.2 Å². The Balaban J connectivity index is 1.57. The van der Waals surface area contributed by atoms with Gasteiger partial charge in [0.05, 0.1) is 17.5 Å². The number of para-hydroxylation sites is 1. The highest BCUT2D eigenvalue weighted by molar-refractivity contribution is 7.89. The Morgan fingerprint density at radius 1 is 1.12 bits per heavy atom. The molecule has 1 unspecified atom stereocenters. The molecule has 0 spiro atoms. The minimum Gasteiger partial charge on any atom is -0.491 e. The molecule has 1 aliphatic heterocycles. The Labute approximate surface area is 205 Å². The van der Waals surface area contributed by atoms with Gasteiger partial charge in [-0.1, -0.05) is 35.9 Å². The van der Waals surface area contributed by atoms with Gasteiger partial charge in [-0.2, -0.15) is 4.31 Å². The third kappa shape index (κ3) is 5.19. The van der Waals surface area contributed by atoms with Crippen LogP contribution in [-0.2, 0) is 21.2 Å². The van der Waals surface area contributed by atoms with Gasteiger partial charge >= 0.3 is 0 Å². The molecular formula is C26H30N2O4S2. The number of hydrogen-bond donors (Lipinski definition) is 0. The number of rotatable bonds is 8. The zero-order valence-corrected chi connectivity index (χ0v) is 21.3. The molecule has 0 saturated heterocycles. The number of thiophene rings is 1. The molecule has 0 fully saturated rings. The fraction of sp³-hybridized carbons (Fsp3) is 0.346. The Morgan fingerprint density at radius 2 is 1.82 bits per heavy atom. The molecule has 0 aliphatic carbocycles. The Morgan fingerprint density at radius 3 is 2.50 bits per heavy atom. The van der Waals surface area contributed by atoms with Crippen LogP contribution in [0.25, 0.3) is 0 Å². The standard InChI is InChI=1S/C26H30N2O4S2/c1-19(2)28(34(30,31)22-11-9-20(3)10-12-22)17-26(29)27-15-13-25-23(14-16-33-25)24(27)18-32-21-7-5-4-6-8-21/h4-12,14,16,19,24H,13,15,17-18H2,1-3H3. The van der Waals surface area contributed by atoms with Crippen LogP contribution < -0.4 is 4.74 Å². The van der Waals surface area contributed by atoms with E-state index in [0.29, 0.717) is 13.2 Å². The van der Waals surface area contributed by atoms with Gasteiger partial charge in [0, 0.05) is 17.5 Å². The van der Waals surface area contributed by atoms with Gasteiger partial charge in [0.1, 0.15) is 12.4 Å². The van der Waals surface area contributed by atoms with Crippen LogP contribution in [0.1, 0.15) is 35.9 Å². The van der Waals surface area contributed by atoms with Crippen molar-refractivity contribution in [3.63, 3.8) is 0 Å². The molecule has 0 radical (unpaired) electrons. The van der Waals surface area contributed by atoms with Crippen molar-refractivity contribution in [3.05, 3.63) is 82.0 Å². The van der Waals surface area contributed by atoms with Crippen LogP contribution in [0.5, 0.6) is 5.75 Å². The molecule has 3 aromatic rings. The number of nitrogens with zero attached hydrogens (tertiary/aromatic N) is 2. The maximum Gasteiger partial charge on any atom is 0.243 e. The molecule has 1 amide bonds. The van der Waals surface area contributed by atoms with E-state index in [1.54, 1.807) is 54.3 Å². The Kier molecular flexibility index (Phi) is 7.40. The molecule has 0 bridgehead atoms. The SMILES string of the molecule is Cc1ccc(S(=O)(=O)N(CC(=O)N2CCc3sccc3C2COc2ccccc2)C(C)C)cc1. The number of aryl methyl sites for hydroxylation is 1. The van der Waals surface area contributed by atoms with Crippen molar-refractivity contribution < 1.29 is 17.9 Å². The van der Waals surface area contributed by atoms with Crippen molar-refractivity contribution in [1.82, 2.24) is 9.21 Å². The monoisotopic (exact) mass is 498 g/mol. The molecule has 0 saturated carbocycles. The molecule has 34 heavy (non-hydrogen) atoms. The lowest BCUT2D eigenvalue weighted by Crippen LogP contribution is -2.49. The van der Waals surface area contributed by atoms with Gasteiger partial charge < -0.3 is 9.64 Å². The topological polar surface area (TPSA) is 66.9 Å². The highest BCUT2D eigenvalue weighted by atomic mass is 32.2. The van der Waals surface area contributed by atoms with Crippen molar-refractivity contribution in [2.75, 3.05) is 19.7 Å². The Hall–Kier alpha value is -2.68. The number of amides is 1. The summed E-state index contributed by atoms with van der Waals surface area (Å²) in [5, 5.41) is 2.04. The summed E-state index contributed by atoms with van der Waals surface area (Å²) in [6.07, 6.45) is 0.757. The molecule has 1 aliphatic rings. The first-order valence-electron chi connectivity index (χ1n) is 11.4. The first-order chi connectivity index (χ1) is 16.3. The fourth-order valence-electron chi connectivity index (χ4n) is 4.18. The van der Waals surface area contributed by atoms with E-state index < -0.39 is 10.0 Å². The molecule has 2 aromatic carbocycles. The Bertz CT molecular complexity index is 1220. The van der Waals surface area contributed by atoms with Gasteiger partial charge in [-0.05, 0) is 68.5 Å². The lowest BCUT2D eigenvalue weighted by molar-refractivity contribution is -0.135. The number of fused-ring (bicyclic) bond motifs is 1. The number of benzene rings is 2. The third-order valence-corrected chi connectivity index (χ3v) is 9.09. The summed E-state index contributed by atoms with van der Waals surface area (Å²) in [5.41, 5.74) is 2.06. The normalized spacial score (nSPS) is 16.0. The second kappa shape index (κ2) is 10.3. The first kappa shape index (κ1) is 24.4. The van der Waals surface area contributed by atoms with E-state index in [4.69, 9.17) is 4.74 Å². The summed E-state index contributed by atoms with van der Waals surface area (Å²) in [4.78, 5) is 16.8. The number of carbonyl (C=O) groups excluding carboxylic acids is 1. The van der Waals surface area contributed by atoms with E-state index in [1.165, 1.54) is 9.18 Å². The van der Waals surface area contributed by atoms with Crippen molar-refractivity contribution in [2.45, 2.75) is 44.2 Å². The van der Waals surface area contributed by atoms with Crippen LogP contribution in [0.3, 0.4) is 0 Å². The predicted octanol–water partition coefficient (Wildman–Crippen LogP) is 4.66. The smallest absolute Gasteiger partial charge is 0.243 e. The predicted molar refractivity (Wildman–Crippen MR) is 135 cm³/mol. The van der Waals surface area contributed by atoms with E-state index in [-0.39, 0.29) is 29.4 Å². The van der Waals surface area contributed by atoms with E-state index >= 15 is 0 Å². The zero-order chi connectivity index (χ0) is 24.3. The molecule has 6 nitrogen and oxygen atoms in total. The summed E-state index contributed by atoms with van der Waals surface area (Å²) < 4.78 is 34.1. The van der Waals surface area contributed by atoms with Crippen LogP contribution in [0.4, 0.5) is 0 Å². The van der Waals surface area contributed by atoms with Gasteiger partial charge in [0.25, 0.3) is 0 Å². The molecule has 1 atom stereocenters. The molecule has 1 aromatic heterocycles. The van der Waals surface area contributed by atoms with Crippen LogP contribution in [0.2, 0.25) is 0 Å². The summed E-state index contributed by atoms with van der Waals surface area (Å²) in [6, 6.07) is 17.7. The largest absolute Gasteiger partial charge is 0.491 e. The van der Waals surface area contributed by atoms with Gasteiger partial charge in [0.2, 0.25) is 15.9 Å². The van der Waals surface area contributed by atoms with E-state index in [2.05, 4.69) is 0 Å². The minimum atomic E-state index is -3.82. The van der Waals surface area contributed by atoms with Crippen molar-refractivity contribution >= 4 is 27.3 Å². The summed E-state index contributed by atoms with van der Waals surface area (Å²) >= 11 is 1.69. The number of ether oxygens (including phenoxy) is 1. The van der Waals surface area contributed by atoms with Gasteiger partial charge in [-0.3, -0.25) is 4.79 Å². The number of carbonyl (C=O) groups is 1. The number of hydrogen-bond acceptors (Lipinski definition) is 5. The van der Waals surface area contributed by atoms with E-state index in [0.717, 1.165) is 23.3 Å². The van der Waals surface area contributed by atoms with Gasteiger partial charge in [-0.15, -0.1) is 11.3 Å². The molecule has 2 heterocycles. The highest BCUT2D eigenvalue weighted by Gasteiger charge is 2.36. The summed E-state index contributed by atoms with van der Waals surface area (Å²) in [6.45, 7) is 6.13. The highest BCUT2D eigenvalue weighted by Crippen LogP contribution is 2.34. The van der Waals surface area contributed by atoms with Crippen molar-refractivity contribution in [1.29, 1.82) is 0 Å². The van der Waals surface area contributed by atoms with Crippen molar-refractivity contribution in [2.24, 2.45) is 0 Å². The maximum atomic E-state index is 13.6. The fourth-order valence-corrected chi connectivity index (χ4v) is 6.70. The average molecular weight is 499 g/mol. The second-order valence-electron chi connectivity index (χ2n) is 8.73. The zero-order valence-electron chi connectivity index (χ0n) is 19.7. The first-order valence-corrected chi connectivity index (χ1v) is 13.7. The van der Waals surface area contributed by atoms with Gasteiger partial charge in [-0.25, -0.2) is 8.42 Å². The molecule has 4 rings (SSSR count). The number of sulfonamides is 1. The third-order valence-electron chi connectivity index (χ3n) is 6.06. The average Bonchev–Trinajstić information content (AvgIpc) is 3.30. The van der Waals surface area contributed by atoms with Crippen molar-refractivity contribution in [3.8, 4) is 5.75 Å². The summed E-state index contributed by atoms with van der Waals surface area (Å²) in [7, 11) is -3.82. The van der Waals surface area contributed by atoms with Gasteiger partial charge in [0.15, 0.2) is 0 Å². The second-order valence-corrected chi connectivity index (χ2v) is 11.6. The van der Waals surface area contributed by atoms with Crippen LogP contribution in [0, 0.1) is 6.92 Å². The molecular weight excluding hydrogens is 468 g/mol. The van der Waals surface area contributed by atoms with Crippen LogP contribution >= 0.6 is 11.3 Å². The lowest BCUT2D eigenvalue weighted by atomic mass is 10.0.